The number of rotatable bonds is 5. The molecule has 0 saturated carbocycles. The maximum Gasteiger partial charge on any atom is 0.150 e. The van der Waals surface area contributed by atoms with Crippen LogP contribution in [-0.4, -0.2) is 28.0 Å². The van der Waals surface area contributed by atoms with Crippen molar-refractivity contribution in [2.75, 3.05) is 18.0 Å². The SMILES string of the molecule is CCN(CC)c1ncnc2c1sc1nc(CC(C)C)c3c(c12)CCCC3. The lowest BCUT2D eigenvalue weighted by atomic mass is 9.87. The van der Waals surface area contributed by atoms with Gasteiger partial charge in [-0.1, -0.05) is 13.8 Å². The Morgan fingerprint density at radius 3 is 2.50 bits per heavy atom. The largest absolute Gasteiger partial charge is 0.356 e. The quantitative estimate of drug-likeness (QED) is 0.623. The topological polar surface area (TPSA) is 41.9 Å². The van der Waals surface area contributed by atoms with Crippen LogP contribution in [0.1, 0.15) is 57.4 Å². The second kappa shape index (κ2) is 7.10. The Balaban J connectivity index is 2.02. The lowest BCUT2D eigenvalue weighted by Crippen LogP contribution is -2.23. The van der Waals surface area contributed by atoms with E-state index in [4.69, 9.17) is 9.97 Å². The van der Waals surface area contributed by atoms with Crippen molar-refractivity contribution >= 4 is 37.6 Å². The Labute approximate surface area is 159 Å². The molecule has 0 amide bonds. The summed E-state index contributed by atoms with van der Waals surface area (Å²) in [7, 11) is 0. The second-order valence-corrected chi connectivity index (χ2v) is 8.65. The molecule has 5 heteroatoms. The molecule has 138 valence electrons. The van der Waals surface area contributed by atoms with Crippen LogP contribution in [0.2, 0.25) is 0 Å². The first kappa shape index (κ1) is 17.7. The summed E-state index contributed by atoms with van der Waals surface area (Å²) in [4.78, 5) is 18.0. The van der Waals surface area contributed by atoms with Crippen molar-refractivity contribution < 1.29 is 0 Å². The highest BCUT2D eigenvalue weighted by atomic mass is 32.1. The molecule has 26 heavy (non-hydrogen) atoms. The number of nitrogens with zero attached hydrogens (tertiary/aromatic N) is 4. The summed E-state index contributed by atoms with van der Waals surface area (Å²) < 4.78 is 1.20. The maximum absolute atomic E-state index is 5.15. The van der Waals surface area contributed by atoms with E-state index in [-0.39, 0.29) is 0 Å². The minimum absolute atomic E-state index is 0.631. The van der Waals surface area contributed by atoms with E-state index in [1.165, 1.54) is 46.2 Å². The average Bonchev–Trinajstić information content (AvgIpc) is 3.01. The zero-order valence-electron chi connectivity index (χ0n) is 16.3. The Morgan fingerprint density at radius 2 is 1.81 bits per heavy atom. The van der Waals surface area contributed by atoms with Crippen LogP contribution in [0.15, 0.2) is 6.33 Å². The van der Waals surface area contributed by atoms with Gasteiger partial charge in [0.1, 0.15) is 17.0 Å². The molecular weight excluding hydrogens is 340 g/mol. The molecule has 0 spiro atoms. The fourth-order valence-corrected chi connectivity index (χ4v) is 5.43. The second-order valence-electron chi connectivity index (χ2n) is 7.65. The molecular formula is C21H28N4S. The zero-order chi connectivity index (χ0) is 18.3. The van der Waals surface area contributed by atoms with Gasteiger partial charge in [-0.3, -0.25) is 0 Å². The van der Waals surface area contributed by atoms with Crippen LogP contribution in [-0.2, 0) is 19.3 Å². The summed E-state index contributed by atoms with van der Waals surface area (Å²) in [5, 5.41) is 1.31. The zero-order valence-corrected chi connectivity index (χ0v) is 17.1. The number of anilines is 1. The molecule has 4 nitrogen and oxygen atoms in total. The van der Waals surface area contributed by atoms with E-state index in [1.807, 2.05) is 0 Å². The number of hydrogen-bond donors (Lipinski definition) is 0. The summed E-state index contributed by atoms with van der Waals surface area (Å²) in [6, 6.07) is 0. The van der Waals surface area contributed by atoms with E-state index in [9.17, 15) is 0 Å². The molecule has 4 rings (SSSR count). The summed E-state index contributed by atoms with van der Waals surface area (Å²) in [5.41, 5.74) is 5.47. The van der Waals surface area contributed by atoms with Gasteiger partial charge >= 0.3 is 0 Å². The highest BCUT2D eigenvalue weighted by molar-refractivity contribution is 7.26. The standard InChI is InChI=1S/C21H28N4S/c1-5-25(6-2)20-19-18(22-12-23-20)17-15-10-8-7-9-14(15)16(11-13(3)4)24-21(17)26-19/h12-13H,5-11H2,1-4H3. The third-order valence-corrected chi connectivity index (χ3v) is 6.52. The first-order valence-corrected chi connectivity index (χ1v) is 10.8. The predicted octanol–water partition coefficient (Wildman–Crippen LogP) is 5.16. The minimum Gasteiger partial charge on any atom is -0.356 e. The molecule has 3 aromatic heterocycles. The molecule has 0 unspecified atom stereocenters. The van der Waals surface area contributed by atoms with Gasteiger partial charge in [0.25, 0.3) is 0 Å². The normalized spacial score (nSPS) is 14.3. The van der Waals surface area contributed by atoms with Crippen LogP contribution in [0.5, 0.6) is 0 Å². The molecule has 0 atom stereocenters. The average molecular weight is 369 g/mol. The molecule has 1 aliphatic rings. The van der Waals surface area contributed by atoms with Crippen LogP contribution in [0, 0.1) is 5.92 Å². The van der Waals surface area contributed by atoms with Crippen LogP contribution in [0.25, 0.3) is 20.4 Å². The van der Waals surface area contributed by atoms with Gasteiger partial charge in [-0.15, -0.1) is 11.3 Å². The maximum atomic E-state index is 5.15. The third kappa shape index (κ3) is 2.86. The molecule has 0 aromatic carbocycles. The van der Waals surface area contributed by atoms with E-state index in [0.717, 1.165) is 42.1 Å². The number of aromatic nitrogens is 3. The van der Waals surface area contributed by atoms with E-state index in [0.29, 0.717) is 5.92 Å². The van der Waals surface area contributed by atoms with Crippen molar-refractivity contribution in [3.63, 3.8) is 0 Å². The van der Waals surface area contributed by atoms with Crippen molar-refractivity contribution in [1.29, 1.82) is 0 Å². The fourth-order valence-electron chi connectivity index (χ4n) is 4.23. The predicted molar refractivity (Wildman–Crippen MR) is 111 cm³/mol. The number of pyridine rings is 1. The molecule has 0 saturated heterocycles. The number of thiophene rings is 1. The number of hydrogen-bond acceptors (Lipinski definition) is 5. The van der Waals surface area contributed by atoms with Crippen LogP contribution < -0.4 is 4.90 Å². The Hall–Kier alpha value is -1.75. The minimum atomic E-state index is 0.631. The van der Waals surface area contributed by atoms with E-state index in [1.54, 1.807) is 17.7 Å². The Bertz CT molecular complexity index is 940. The molecule has 3 heterocycles. The summed E-state index contributed by atoms with van der Waals surface area (Å²) in [6.45, 7) is 10.9. The molecule has 0 fully saturated rings. The van der Waals surface area contributed by atoms with Crippen LogP contribution in [0.3, 0.4) is 0 Å². The van der Waals surface area contributed by atoms with Gasteiger partial charge in [0.05, 0.1) is 10.2 Å². The third-order valence-electron chi connectivity index (χ3n) is 5.45. The van der Waals surface area contributed by atoms with Crippen LogP contribution in [0.4, 0.5) is 5.82 Å². The van der Waals surface area contributed by atoms with Gasteiger partial charge in [-0.05, 0) is 63.0 Å². The van der Waals surface area contributed by atoms with Crippen molar-refractivity contribution in [2.24, 2.45) is 5.92 Å². The Kier molecular flexibility index (Phi) is 4.82. The summed E-state index contributed by atoms with van der Waals surface area (Å²) >= 11 is 1.78. The Morgan fingerprint density at radius 1 is 1.08 bits per heavy atom. The monoisotopic (exact) mass is 368 g/mol. The van der Waals surface area contributed by atoms with Crippen molar-refractivity contribution in [2.45, 2.75) is 59.8 Å². The van der Waals surface area contributed by atoms with Crippen LogP contribution >= 0.6 is 11.3 Å². The van der Waals surface area contributed by atoms with Crippen molar-refractivity contribution in [3.8, 4) is 0 Å². The van der Waals surface area contributed by atoms with Crippen molar-refractivity contribution in [1.82, 2.24) is 15.0 Å². The number of fused-ring (bicyclic) bond motifs is 5. The summed E-state index contributed by atoms with van der Waals surface area (Å²) in [5.74, 6) is 1.70. The van der Waals surface area contributed by atoms with Crippen molar-refractivity contribution in [3.05, 3.63) is 23.1 Å². The van der Waals surface area contributed by atoms with Gasteiger partial charge in [0, 0.05) is 24.2 Å². The first-order valence-electron chi connectivity index (χ1n) is 9.96. The van der Waals surface area contributed by atoms with Gasteiger partial charge in [0.15, 0.2) is 0 Å². The van der Waals surface area contributed by atoms with E-state index < -0.39 is 0 Å². The van der Waals surface area contributed by atoms with Gasteiger partial charge in [-0.25, -0.2) is 15.0 Å². The first-order chi connectivity index (χ1) is 12.6. The van der Waals surface area contributed by atoms with Gasteiger partial charge < -0.3 is 4.90 Å². The fraction of sp³-hybridized carbons (Fsp3) is 0.571. The lowest BCUT2D eigenvalue weighted by Gasteiger charge is -2.21. The lowest BCUT2D eigenvalue weighted by molar-refractivity contribution is 0.615. The van der Waals surface area contributed by atoms with E-state index in [2.05, 4.69) is 37.6 Å². The molecule has 0 aliphatic heterocycles. The highest BCUT2D eigenvalue weighted by Gasteiger charge is 2.24. The highest BCUT2D eigenvalue weighted by Crippen LogP contribution is 2.41. The van der Waals surface area contributed by atoms with Gasteiger partial charge in [0.2, 0.25) is 0 Å². The molecule has 3 aromatic rings. The summed E-state index contributed by atoms with van der Waals surface area (Å²) in [6.07, 6.45) is 7.70. The molecule has 0 bridgehead atoms. The number of aryl methyl sites for hydroxylation is 1. The van der Waals surface area contributed by atoms with E-state index >= 15 is 0 Å². The van der Waals surface area contributed by atoms with Gasteiger partial charge in [-0.2, -0.15) is 0 Å². The molecule has 1 aliphatic carbocycles. The molecule has 0 N–H and O–H groups in total. The smallest absolute Gasteiger partial charge is 0.150 e. The molecule has 0 radical (unpaired) electrons.